The normalized spacial score (nSPS) is 12.7. The lowest BCUT2D eigenvalue weighted by molar-refractivity contribution is -0.140. The summed E-state index contributed by atoms with van der Waals surface area (Å²) in [5, 5.41) is 1.89. The van der Waals surface area contributed by atoms with Crippen molar-refractivity contribution in [2.24, 2.45) is 0 Å². The van der Waals surface area contributed by atoms with Crippen molar-refractivity contribution in [1.82, 2.24) is 0 Å². The fraction of sp³-hybridized carbons (Fsp3) is 0.176. The molecule has 1 aromatic heterocycles. The first-order valence-electron chi connectivity index (χ1n) is 7.29. The van der Waals surface area contributed by atoms with E-state index < -0.39 is 22.1 Å². The second-order valence-corrected chi connectivity index (χ2v) is 7.97. The zero-order valence-electron chi connectivity index (χ0n) is 13.6. The van der Waals surface area contributed by atoms with E-state index in [4.69, 9.17) is 4.74 Å². The minimum atomic E-state index is -3.38. The van der Waals surface area contributed by atoms with Crippen LogP contribution in [0.2, 0.25) is 0 Å². The summed E-state index contributed by atoms with van der Waals surface area (Å²) in [7, 11) is -3.38. The lowest BCUT2D eigenvalue weighted by Crippen LogP contribution is -2.23. The van der Waals surface area contributed by atoms with Crippen LogP contribution in [0.5, 0.6) is 0 Å². The monoisotopic (exact) mass is 379 g/mol. The van der Waals surface area contributed by atoms with Crippen LogP contribution in [-0.2, 0) is 19.6 Å². The summed E-state index contributed by atoms with van der Waals surface area (Å²) in [6.07, 6.45) is 2.98. The Bertz CT molecular complexity index is 868. The van der Waals surface area contributed by atoms with E-state index in [1.807, 2.05) is 17.5 Å². The molecule has 0 aliphatic rings. The van der Waals surface area contributed by atoms with Gasteiger partial charge in [-0.2, -0.15) is 0 Å². The second-order valence-electron chi connectivity index (χ2n) is 5.24. The molecule has 0 saturated heterocycles. The van der Waals surface area contributed by atoms with Crippen LogP contribution in [0.3, 0.4) is 0 Å². The van der Waals surface area contributed by atoms with Gasteiger partial charge in [-0.15, -0.1) is 11.3 Å². The zero-order chi connectivity index (χ0) is 18.4. The number of ketones is 1. The highest BCUT2D eigenvalue weighted by atomic mass is 32.2. The molecule has 0 aliphatic heterocycles. The van der Waals surface area contributed by atoms with Crippen molar-refractivity contribution in [3.63, 3.8) is 0 Å². The number of carbonyl (C=O) groups is 2. The Hall–Kier alpha value is -2.45. The van der Waals surface area contributed by atoms with E-state index in [-0.39, 0.29) is 5.78 Å². The molecule has 1 aromatic carbocycles. The molecule has 2 aromatic rings. The van der Waals surface area contributed by atoms with Crippen LogP contribution >= 0.6 is 11.3 Å². The third kappa shape index (κ3) is 6.17. The van der Waals surface area contributed by atoms with Crippen molar-refractivity contribution in [3.8, 4) is 0 Å². The number of esters is 1. The molecule has 0 spiro atoms. The third-order valence-corrected chi connectivity index (χ3v) is 4.51. The van der Waals surface area contributed by atoms with Crippen molar-refractivity contribution in [2.75, 3.05) is 11.0 Å². The molecular weight excluding hydrogens is 362 g/mol. The zero-order valence-corrected chi connectivity index (χ0v) is 15.3. The SMILES string of the molecule is C[C@H](OC(=O)/C=C/c1cccs1)C(=O)c1ccc(NS(C)(=O)=O)cc1. The highest BCUT2D eigenvalue weighted by molar-refractivity contribution is 7.92. The maximum Gasteiger partial charge on any atom is 0.331 e. The smallest absolute Gasteiger partial charge is 0.331 e. The molecule has 0 fully saturated rings. The van der Waals surface area contributed by atoms with Gasteiger partial charge in [0.2, 0.25) is 15.8 Å². The van der Waals surface area contributed by atoms with Crippen molar-refractivity contribution in [3.05, 3.63) is 58.3 Å². The summed E-state index contributed by atoms with van der Waals surface area (Å²) in [5.74, 6) is -0.978. The van der Waals surface area contributed by atoms with Crippen molar-refractivity contribution in [2.45, 2.75) is 13.0 Å². The molecule has 0 unspecified atom stereocenters. The largest absolute Gasteiger partial charge is 0.451 e. The molecule has 1 N–H and O–H groups in total. The molecule has 0 radical (unpaired) electrons. The van der Waals surface area contributed by atoms with Crippen LogP contribution in [-0.4, -0.2) is 32.5 Å². The number of carbonyl (C=O) groups excluding carboxylic acids is 2. The van der Waals surface area contributed by atoms with Gasteiger partial charge in [0.1, 0.15) is 0 Å². The number of hydrogen-bond acceptors (Lipinski definition) is 6. The van der Waals surface area contributed by atoms with E-state index >= 15 is 0 Å². The average molecular weight is 379 g/mol. The lowest BCUT2D eigenvalue weighted by atomic mass is 10.1. The maximum absolute atomic E-state index is 12.3. The molecule has 0 amide bonds. The standard InChI is InChI=1S/C17H17NO5S2/c1-12(23-16(19)10-9-15-4-3-11-24-15)17(20)13-5-7-14(8-6-13)18-25(2,21)22/h3-12,18H,1-2H3/b10-9+/t12-/m0/s1. The first-order chi connectivity index (χ1) is 11.7. The molecule has 1 heterocycles. The number of Topliss-reactive ketones (excluding diaryl/α,β-unsaturated/α-hetero) is 1. The Balaban J connectivity index is 1.96. The number of hydrogen-bond donors (Lipinski definition) is 1. The van der Waals surface area contributed by atoms with Crippen LogP contribution in [0, 0.1) is 0 Å². The van der Waals surface area contributed by atoms with Gasteiger partial charge >= 0.3 is 5.97 Å². The van der Waals surface area contributed by atoms with Crippen LogP contribution in [0.4, 0.5) is 5.69 Å². The minimum Gasteiger partial charge on any atom is -0.451 e. The fourth-order valence-corrected chi connectivity index (χ4v) is 3.14. The molecule has 0 aliphatic carbocycles. The van der Waals surface area contributed by atoms with Crippen LogP contribution < -0.4 is 4.72 Å². The molecule has 0 saturated carbocycles. The number of anilines is 1. The number of sulfonamides is 1. The van der Waals surface area contributed by atoms with Crippen molar-refractivity contribution in [1.29, 1.82) is 0 Å². The Morgan fingerprint density at radius 2 is 1.88 bits per heavy atom. The van der Waals surface area contributed by atoms with E-state index in [9.17, 15) is 18.0 Å². The molecule has 0 bridgehead atoms. The second kappa shape index (κ2) is 8.09. The molecule has 25 heavy (non-hydrogen) atoms. The predicted molar refractivity (Wildman–Crippen MR) is 98.1 cm³/mol. The number of rotatable bonds is 7. The lowest BCUT2D eigenvalue weighted by Gasteiger charge is -2.11. The van der Waals surface area contributed by atoms with Gasteiger partial charge < -0.3 is 4.74 Å². The first kappa shape index (κ1) is 18.9. The fourth-order valence-electron chi connectivity index (χ4n) is 1.95. The van der Waals surface area contributed by atoms with Crippen LogP contribution in [0.1, 0.15) is 22.2 Å². The van der Waals surface area contributed by atoms with Gasteiger partial charge in [0.25, 0.3) is 0 Å². The predicted octanol–water partition coefficient (Wildman–Crippen LogP) is 2.95. The van der Waals surface area contributed by atoms with Gasteiger partial charge in [-0.3, -0.25) is 9.52 Å². The number of benzene rings is 1. The van der Waals surface area contributed by atoms with E-state index in [0.717, 1.165) is 11.1 Å². The highest BCUT2D eigenvalue weighted by Crippen LogP contribution is 2.14. The van der Waals surface area contributed by atoms with Crippen LogP contribution in [0.15, 0.2) is 47.9 Å². The summed E-state index contributed by atoms with van der Waals surface area (Å²) < 4.78 is 29.7. The third-order valence-electron chi connectivity index (χ3n) is 3.06. The summed E-state index contributed by atoms with van der Waals surface area (Å²) in [6.45, 7) is 1.49. The maximum atomic E-state index is 12.3. The molecule has 8 heteroatoms. The van der Waals surface area contributed by atoms with Gasteiger partial charge in [0, 0.05) is 22.2 Å². The topological polar surface area (TPSA) is 89.5 Å². The van der Waals surface area contributed by atoms with Gasteiger partial charge in [-0.05, 0) is 48.7 Å². The Kier molecular flexibility index (Phi) is 6.11. The Labute approximate surface area is 150 Å². The van der Waals surface area contributed by atoms with Crippen LogP contribution in [0.25, 0.3) is 6.08 Å². The molecular formula is C17H17NO5S2. The quantitative estimate of drug-likeness (QED) is 0.454. The Morgan fingerprint density at radius 1 is 1.20 bits per heavy atom. The number of nitrogens with one attached hydrogen (secondary N) is 1. The summed E-state index contributed by atoms with van der Waals surface area (Å²) in [5.41, 5.74) is 0.671. The summed E-state index contributed by atoms with van der Waals surface area (Å²) >= 11 is 1.48. The van der Waals surface area contributed by atoms with E-state index in [2.05, 4.69) is 4.72 Å². The Morgan fingerprint density at radius 3 is 2.44 bits per heavy atom. The highest BCUT2D eigenvalue weighted by Gasteiger charge is 2.18. The summed E-state index contributed by atoms with van der Waals surface area (Å²) in [6, 6.07) is 9.61. The minimum absolute atomic E-state index is 0.321. The van der Waals surface area contributed by atoms with E-state index in [1.54, 1.807) is 6.08 Å². The van der Waals surface area contributed by atoms with Crippen molar-refractivity contribution < 1.29 is 22.7 Å². The van der Waals surface area contributed by atoms with Crippen molar-refractivity contribution >= 4 is 44.9 Å². The first-order valence-corrected chi connectivity index (χ1v) is 10.1. The van der Waals surface area contributed by atoms with Gasteiger partial charge in [-0.1, -0.05) is 6.07 Å². The van der Waals surface area contributed by atoms with E-state index in [0.29, 0.717) is 11.3 Å². The molecule has 6 nitrogen and oxygen atoms in total. The number of thiophene rings is 1. The molecule has 2 rings (SSSR count). The molecule has 132 valence electrons. The van der Waals surface area contributed by atoms with Gasteiger partial charge in [0.15, 0.2) is 6.10 Å². The van der Waals surface area contributed by atoms with Gasteiger partial charge in [0.05, 0.1) is 6.26 Å². The van der Waals surface area contributed by atoms with Gasteiger partial charge in [-0.25, -0.2) is 13.2 Å². The molecule has 1 atom stereocenters. The van der Waals surface area contributed by atoms with E-state index in [1.165, 1.54) is 48.6 Å². The summed E-state index contributed by atoms with van der Waals surface area (Å²) in [4.78, 5) is 24.9. The number of ether oxygens (including phenoxy) is 1. The average Bonchev–Trinajstić information content (AvgIpc) is 3.05.